The molecular formula is C17H21N3O3. The van der Waals surface area contributed by atoms with Crippen LogP contribution in [0.25, 0.3) is 0 Å². The lowest BCUT2D eigenvalue weighted by Gasteiger charge is -2.32. The van der Waals surface area contributed by atoms with Crippen LogP contribution in [0.4, 0.5) is 0 Å². The molecule has 0 radical (unpaired) electrons. The molecule has 6 heteroatoms. The highest BCUT2D eigenvalue weighted by molar-refractivity contribution is 5.20. The lowest BCUT2D eigenvalue weighted by Crippen LogP contribution is -2.41. The lowest BCUT2D eigenvalue weighted by atomic mass is 10.2. The van der Waals surface area contributed by atoms with Gasteiger partial charge in [0.05, 0.1) is 6.61 Å². The van der Waals surface area contributed by atoms with Crippen LogP contribution in [0.15, 0.2) is 41.2 Å². The maximum Gasteiger partial charge on any atom is 0.251 e. The minimum atomic E-state index is -0.201. The zero-order valence-corrected chi connectivity index (χ0v) is 13.2. The first-order valence-electron chi connectivity index (χ1n) is 7.80. The largest absolute Gasteiger partial charge is 0.492 e. The Morgan fingerprint density at radius 3 is 3.00 bits per heavy atom. The van der Waals surface area contributed by atoms with E-state index < -0.39 is 0 Å². The Morgan fingerprint density at radius 1 is 1.39 bits per heavy atom. The molecule has 0 amide bonds. The van der Waals surface area contributed by atoms with Crippen molar-refractivity contribution in [2.45, 2.75) is 13.0 Å². The molecule has 1 aromatic heterocycles. The van der Waals surface area contributed by atoms with Crippen LogP contribution < -0.4 is 10.3 Å². The molecule has 0 saturated carbocycles. The van der Waals surface area contributed by atoms with Crippen LogP contribution in [0.2, 0.25) is 0 Å². The third kappa shape index (κ3) is 4.40. The Bertz CT molecular complexity index is 687. The second-order valence-electron chi connectivity index (χ2n) is 5.59. The average Bonchev–Trinajstić information content (AvgIpc) is 2.55. The lowest BCUT2D eigenvalue weighted by molar-refractivity contribution is -0.0373. The van der Waals surface area contributed by atoms with E-state index in [-0.39, 0.29) is 11.7 Å². The van der Waals surface area contributed by atoms with Crippen LogP contribution in [0.3, 0.4) is 0 Å². The van der Waals surface area contributed by atoms with E-state index in [1.54, 1.807) is 0 Å². The van der Waals surface area contributed by atoms with Gasteiger partial charge in [0.15, 0.2) is 0 Å². The second kappa shape index (κ2) is 7.39. The fourth-order valence-electron chi connectivity index (χ4n) is 2.64. The average molecular weight is 315 g/mol. The molecule has 1 unspecified atom stereocenters. The zero-order valence-electron chi connectivity index (χ0n) is 13.2. The van der Waals surface area contributed by atoms with Crippen LogP contribution in [0.5, 0.6) is 5.75 Å². The summed E-state index contributed by atoms with van der Waals surface area (Å²) in [6.45, 7) is 5.41. The highest BCUT2D eigenvalue weighted by Crippen LogP contribution is 2.18. The number of nitrogens with zero attached hydrogens (tertiary/aromatic N) is 2. The summed E-state index contributed by atoms with van der Waals surface area (Å²) in [7, 11) is 0. The topological polar surface area (TPSA) is 67.5 Å². The van der Waals surface area contributed by atoms with Gasteiger partial charge in [-0.15, -0.1) is 0 Å². The molecule has 2 heterocycles. The van der Waals surface area contributed by atoms with Crippen LogP contribution >= 0.6 is 0 Å². The summed E-state index contributed by atoms with van der Waals surface area (Å²) in [4.78, 5) is 21.0. The van der Waals surface area contributed by atoms with Crippen molar-refractivity contribution in [3.63, 3.8) is 0 Å². The summed E-state index contributed by atoms with van der Waals surface area (Å²) < 4.78 is 11.5. The molecule has 6 nitrogen and oxygen atoms in total. The van der Waals surface area contributed by atoms with Crippen molar-refractivity contribution >= 4 is 0 Å². The predicted molar refractivity (Wildman–Crippen MR) is 86.7 cm³/mol. The number of morpholine rings is 1. The molecule has 1 aliphatic rings. The number of benzene rings is 1. The Morgan fingerprint density at radius 2 is 2.22 bits per heavy atom. The molecule has 1 aromatic carbocycles. The van der Waals surface area contributed by atoms with Crippen LogP contribution in [-0.4, -0.2) is 47.7 Å². The van der Waals surface area contributed by atoms with E-state index >= 15 is 0 Å². The van der Waals surface area contributed by atoms with Crippen molar-refractivity contribution < 1.29 is 9.47 Å². The standard InChI is InChI=1S/C17H21N3O3/c1-13-11-16(21)19-17(18-13)15-12-20(8-10-23-15)7-9-22-14-5-3-2-4-6-14/h2-6,11,15H,7-10,12H2,1H3,(H,18,19,21). The SMILES string of the molecule is Cc1cc(=O)[nH]c(C2CN(CCOc3ccccc3)CCO2)n1. The van der Waals surface area contributed by atoms with Gasteiger partial charge in [0.2, 0.25) is 0 Å². The number of rotatable bonds is 5. The van der Waals surface area contributed by atoms with Gasteiger partial charge in [-0.1, -0.05) is 18.2 Å². The molecule has 0 spiro atoms. The van der Waals surface area contributed by atoms with Gasteiger partial charge in [0, 0.05) is 31.4 Å². The summed E-state index contributed by atoms with van der Waals surface area (Å²) in [5.41, 5.74) is 0.567. The molecule has 2 aromatic rings. The van der Waals surface area contributed by atoms with Crippen molar-refractivity contribution in [1.82, 2.24) is 14.9 Å². The molecule has 1 fully saturated rings. The molecule has 122 valence electrons. The Labute approximate surface area is 135 Å². The maximum absolute atomic E-state index is 11.6. The fraction of sp³-hybridized carbons (Fsp3) is 0.412. The number of nitrogens with one attached hydrogen (secondary N) is 1. The molecule has 0 bridgehead atoms. The highest BCUT2D eigenvalue weighted by atomic mass is 16.5. The van der Waals surface area contributed by atoms with Crippen molar-refractivity contribution in [3.05, 3.63) is 58.3 Å². The molecule has 0 aliphatic carbocycles. The predicted octanol–water partition coefficient (Wildman–Crippen LogP) is 1.53. The van der Waals surface area contributed by atoms with Gasteiger partial charge in [0.25, 0.3) is 5.56 Å². The summed E-state index contributed by atoms with van der Waals surface area (Å²) in [5.74, 6) is 1.48. The van der Waals surface area contributed by atoms with Crippen molar-refractivity contribution in [2.24, 2.45) is 0 Å². The van der Waals surface area contributed by atoms with E-state index in [2.05, 4.69) is 14.9 Å². The third-order valence-corrected chi connectivity index (χ3v) is 3.76. The zero-order chi connectivity index (χ0) is 16.1. The number of hydrogen-bond acceptors (Lipinski definition) is 5. The van der Waals surface area contributed by atoms with Gasteiger partial charge >= 0.3 is 0 Å². The summed E-state index contributed by atoms with van der Waals surface area (Å²) in [5, 5.41) is 0. The maximum atomic E-state index is 11.6. The van der Waals surface area contributed by atoms with Gasteiger partial charge in [-0.05, 0) is 19.1 Å². The summed E-state index contributed by atoms with van der Waals surface area (Å²) >= 11 is 0. The molecule has 1 aliphatic heterocycles. The van der Waals surface area contributed by atoms with Crippen molar-refractivity contribution in [3.8, 4) is 5.75 Å². The number of H-pyrrole nitrogens is 1. The highest BCUT2D eigenvalue weighted by Gasteiger charge is 2.23. The smallest absolute Gasteiger partial charge is 0.251 e. The minimum Gasteiger partial charge on any atom is -0.492 e. The Kier molecular flexibility index (Phi) is 5.05. The van der Waals surface area contributed by atoms with Gasteiger partial charge in [-0.2, -0.15) is 0 Å². The molecule has 1 N–H and O–H groups in total. The van der Waals surface area contributed by atoms with Crippen LogP contribution in [-0.2, 0) is 4.74 Å². The number of aromatic nitrogens is 2. The number of aromatic amines is 1. The van der Waals surface area contributed by atoms with Gasteiger partial charge in [0.1, 0.15) is 24.3 Å². The van der Waals surface area contributed by atoms with E-state index in [1.807, 2.05) is 37.3 Å². The monoisotopic (exact) mass is 315 g/mol. The van der Waals surface area contributed by atoms with Crippen molar-refractivity contribution in [2.75, 3.05) is 32.8 Å². The van der Waals surface area contributed by atoms with E-state index in [1.165, 1.54) is 6.07 Å². The van der Waals surface area contributed by atoms with E-state index in [9.17, 15) is 4.79 Å². The minimum absolute atomic E-state index is 0.138. The number of hydrogen-bond donors (Lipinski definition) is 1. The van der Waals surface area contributed by atoms with Crippen molar-refractivity contribution in [1.29, 1.82) is 0 Å². The second-order valence-corrected chi connectivity index (χ2v) is 5.59. The first kappa shape index (κ1) is 15.7. The van der Waals surface area contributed by atoms with E-state index in [0.29, 0.717) is 31.3 Å². The molecule has 1 atom stereocenters. The molecular weight excluding hydrogens is 294 g/mol. The van der Waals surface area contributed by atoms with Gasteiger partial charge in [-0.3, -0.25) is 9.69 Å². The third-order valence-electron chi connectivity index (χ3n) is 3.76. The van der Waals surface area contributed by atoms with E-state index in [0.717, 1.165) is 18.8 Å². The molecule has 23 heavy (non-hydrogen) atoms. The normalized spacial score (nSPS) is 18.7. The van der Waals surface area contributed by atoms with Gasteiger partial charge in [-0.25, -0.2) is 4.98 Å². The number of para-hydroxylation sites is 1. The van der Waals surface area contributed by atoms with Crippen LogP contribution in [0.1, 0.15) is 17.6 Å². The first-order valence-corrected chi connectivity index (χ1v) is 7.80. The Balaban J connectivity index is 1.54. The molecule has 1 saturated heterocycles. The molecule has 3 rings (SSSR count). The Hall–Kier alpha value is -2.18. The van der Waals surface area contributed by atoms with Crippen LogP contribution in [0, 0.1) is 6.92 Å². The first-order chi connectivity index (χ1) is 11.2. The quantitative estimate of drug-likeness (QED) is 0.906. The van der Waals surface area contributed by atoms with E-state index in [4.69, 9.17) is 9.47 Å². The fourth-order valence-corrected chi connectivity index (χ4v) is 2.64. The number of ether oxygens (including phenoxy) is 2. The number of aryl methyl sites for hydroxylation is 1. The summed E-state index contributed by atoms with van der Waals surface area (Å²) in [6.07, 6.45) is -0.201. The summed E-state index contributed by atoms with van der Waals surface area (Å²) in [6, 6.07) is 11.3. The van der Waals surface area contributed by atoms with Gasteiger partial charge < -0.3 is 14.5 Å².